The molecule has 0 spiro atoms. The van der Waals surface area contributed by atoms with Gasteiger partial charge >= 0.3 is 0 Å². The molecule has 1 aliphatic heterocycles. The van der Waals surface area contributed by atoms with E-state index in [1.807, 2.05) is 24.3 Å². The molecule has 2 N–H and O–H groups in total. The maximum atomic E-state index is 12.0. The number of nitrogens with zero attached hydrogens (tertiary/aromatic N) is 2. The van der Waals surface area contributed by atoms with Crippen molar-refractivity contribution >= 4 is 45.0 Å². The highest BCUT2D eigenvalue weighted by Gasteiger charge is 2.30. The lowest BCUT2D eigenvalue weighted by Gasteiger charge is -2.05. The van der Waals surface area contributed by atoms with Crippen LogP contribution in [-0.2, 0) is 11.2 Å². The highest BCUT2D eigenvalue weighted by atomic mass is 79.9. The van der Waals surface area contributed by atoms with Gasteiger partial charge in [-0.2, -0.15) is 5.10 Å². The van der Waals surface area contributed by atoms with E-state index in [9.17, 15) is 9.90 Å². The summed E-state index contributed by atoms with van der Waals surface area (Å²) >= 11 is 4.75. The summed E-state index contributed by atoms with van der Waals surface area (Å²) in [5, 5.41) is 20.6. The molecule has 1 aliphatic rings. The number of rotatable bonds is 4. The second-order valence-corrected chi connectivity index (χ2v) is 7.24. The van der Waals surface area contributed by atoms with Crippen molar-refractivity contribution in [3.05, 3.63) is 64.1 Å². The molecule has 0 saturated carbocycles. The quantitative estimate of drug-likeness (QED) is 0.607. The van der Waals surface area contributed by atoms with Crippen molar-refractivity contribution in [2.75, 3.05) is 0 Å². The molecule has 7 heteroatoms. The molecule has 24 heavy (non-hydrogen) atoms. The highest BCUT2D eigenvalue weighted by Crippen LogP contribution is 2.24. The van der Waals surface area contributed by atoms with Gasteiger partial charge in [-0.1, -0.05) is 52.0 Å². The van der Waals surface area contributed by atoms with Crippen LogP contribution in [0.4, 0.5) is 0 Å². The lowest BCUT2D eigenvalue weighted by atomic mass is 10.1. The third-order valence-electron chi connectivity index (χ3n) is 3.39. The fourth-order valence-electron chi connectivity index (χ4n) is 2.16. The van der Waals surface area contributed by atoms with Crippen LogP contribution in [-0.4, -0.2) is 27.6 Å². The smallest absolute Gasteiger partial charge is 0.239 e. The van der Waals surface area contributed by atoms with E-state index in [4.69, 9.17) is 0 Å². The minimum absolute atomic E-state index is 0.0700. The number of para-hydroxylation sites is 1. The summed E-state index contributed by atoms with van der Waals surface area (Å²) in [6.45, 7) is 0. The van der Waals surface area contributed by atoms with Crippen molar-refractivity contribution in [3.8, 4) is 5.75 Å². The molecule has 3 rings (SSSR count). The number of halogens is 1. The van der Waals surface area contributed by atoms with Crippen molar-refractivity contribution < 1.29 is 9.90 Å². The van der Waals surface area contributed by atoms with Gasteiger partial charge in [0.15, 0.2) is 5.17 Å². The zero-order valence-corrected chi connectivity index (χ0v) is 14.9. The second kappa shape index (κ2) is 7.63. The van der Waals surface area contributed by atoms with Gasteiger partial charge in [0.25, 0.3) is 0 Å². The summed E-state index contributed by atoms with van der Waals surface area (Å²) in [5.41, 5.74) is 1.66. The molecule has 2 aromatic carbocycles. The first-order chi connectivity index (χ1) is 11.6. The van der Waals surface area contributed by atoms with E-state index in [0.29, 0.717) is 17.2 Å². The summed E-state index contributed by atoms with van der Waals surface area (Å²) in [6.07, 6.45) is 2.09. The molecular weight excluding hydrogens is 390 g/mol. The molecule has 0 radical (unpaired) electrons. The van der Waals surface area contributed by atoms with Crippen molar-refractivity contribution in [1.82, 2.24) is 5.32 Å². The number of benzene rings is 2. The predicted octanol–water partition coefficient (Wildman–Crippen LogP) is 3.32. The first-order valence-electron chi connectivity index (χ1n) is 7.23. The first kappa shape index (κ1) is 16.7. The third-order valence-corrected chi connectivity index (χ3v) is 4.99. The Bertz CT molecular complexity index is 806. The topological polar surface area (TPSA) is 74.0 Å². The SMILES string of the molecule is O=C1N/C(=N\N=C/c2ccccc2O)S[C@@H]1Cc1ccc(Br)cc1. The van der Waals surface area contributed by atoms with Crippen LogP contribution in [0.15, 0.2) is 63.2 Å². The van der Waals surface area contributed by atoms with Gasteiger partial charge in [-0.15, -0.1) is 5.10 Å². The Morgan fingerprint density at radius 1 is 1.21 bits per heavy atom. The fraction of sp³-hybridized carbons (Fsp3) is 0.118. The average molecular weight is 404 g/mol. The zero-order valence-electron chi connectivity index (χ0n) is 12.5. The monoisotopic (exact) mass is 403 g/mol. The number of amides is 1. The maximum absolute atomic E-state index is 12.0. The van der Waals surface area contributed by atoms with E-state index in [-0.39, 0.29) is 16.9 Å². The van der Waals surface area contributed by atoms with Gasteiger partial charge in [0, 0.05) is 10.0 Å². The number of hydrogen-bond donors (Lipinski definition) is 2. The molecule has 1 saturated heterocycles. The van der Waals surface area contributed by atoms with Crippen LogP contribution in [0.5, 0.6) is 5.75 Å². The molecule has 1 atom stereocenters. The van der Waals surface area contributed by atoms with Crippen molar-refractivity contribution in [2.45, 2.75) is 11.7 Å². The summed E-state index contributed by atoms with van der Waals surface area (Å²) < 4.78 is 1.01. The Hall–Kier alpha value is -2.12. The number of phenolic OH excluding ortho intramolecular Hbond substituents is 1. The van der Waals surface area contributed by atoms with Crippen LogP contribution >= 0.6 is 27.7 Å². The molecule has 0 bridgehead atoms. The lowest BCUT2D eigenvalue weighted by Crippen LogP contribution is -2.25. The van der Waals surface area contributed by atoms with Gasteiger partial charge in [0.05, 0.1) is 11.5 Å². The van der Waals surface area contributed by atoms with Crippen molar-refractivity contribution in [1.29, 1.82) is 0 Å². The van der Waals surface area contributed by atoms with Crippen LogP contribution in [0, 0.1) is 0 Å². The molecule has 2 aromatic rings. The number of carbonyl (C=O) groups excluding carboxylic acids is 1. The zero-order chi connectivity index (χ0) is 16.9. The normalized spacial score (nSPS) is 19.1. The summed E-state index contributed by atoms with van der Waals surface area (Å²) in [6, 6.07) is 14.7. The van der Waals surface area contributed by atoms with E-state index in [0.717, 1.165) is 10.0 Å². The number of thioether (sulfide) groups is 1. The van der Waals surface area contributed by atoms with E-state index >= 15 is 0 Å². The van der Waals surface area contributed by atoms with Crippen LogP contribution in [0.25, 0.3) is 0 Å². The van der Waals surface area contributed by atoms with E-state index in [1.54, 1.807) is 24.3 Å². The lowest BCUT2D eigenvalue weighted by molar-refractivity contribution is -0.118. The van der Waals surface area contributed by atoms with Gasteiger partial charge in [-0.05, 0) is 36.2 Å². The Balaban J connectivity index is 1.63. The Morgan fingerprint density at radius 3 is 2.71 bits per heavy atom. The van der Waals surface area contributed by atoms with Crippen molar-refractivity contribution in [3.63, 3.8) is 0 Å². The Kier molecular flexibility index (Phi) is 5.32. The standard InChI is InChI=1S/C17H14BrN3O2S/c18-13-7-5-11(6-8-13)9-15-16(23)20-17(24-15)21-19-10-12-3-1-2-4-14(12)22/h1-8,10,15,22H,9H2,(H,20,21,23)/b19-10-/t15-/m1/s1. The first-order valence-corrected chi connectivity index (χ1v) is 8.90. The number of amidine groups is 1. The number of hydrogen-bond acceptors (Lipinski definition) is 5. The fourth-order valence-corrected chi connectivity index (χ4v) is 3.39. The van der Waals surface area contributed by atoms with E-state index in [1.165, 1.54) is 18.0 Å². The summed E-state index contributed by atoms with van der Waals surface area (Å²) in [4.78, 5) is 12.0. The molecule has 1 amide bonds. The molecule has 0 aromatic heterocycles. The van der Waals surface area contributed by atoms with Gasteiger partial charge in [-0.3, -0.25) is 4.79 Å². The molecule has 5 nitrogen and oxygen atoms in total. The Morgan fingerprint density at radius 2 is 1.96 bits per heavy atom. The van der Waals surface area contributed by atoms with Gasteiger partial charge in [0.1, 0.15) is 5.75 Å². The number of phenols is 1. The van der Waals surface area contributed by atoms with Crippen LogP contribution in [0.2, 0.25) is 0 Å². The van der Waals surface area contributed by atoms with Gasteiger partial charge in [-0.25, -0.2) is 0 Å². The van der Waals surface area contributed by atoms with Crippen LogP contribution in [0.1, 0.15) is 11.1 Å². The highest BCUT2D eigenvalue weighted by molar-refractivity contribution is 9.10. The molecule has 1 fully saturated rings. The van der Waals surface area contributed by atoms with E-state index in [2.05, 4.69) is 31.4 Å². The van der Waals surface area contributed by atoms with Gasteiger partial charge < -0.3 is 10.4 Å². The molecular formula is C17H14BrN3O2S. The maximum Gasteiger partial charge on any atom is 0.239 e. The molecule has 0 aliphatic carbocycles. The number of nitrogens with one attached hydrogen (secondary N) is 1. The van der Waals surface area contributed by atoms with E-state index < -0.39 is 0 Å². The largest absolute Gasteiger partial charge is 0.507 e. The summed E-state index contributed by atoms with van der Waals surface area (Å²) in [5.74, 6) is 0.0668. The van der Waals surface area contributed by atoms with Gasteiger partial charge in [0.2, 0.25) is 5.91 Å². The number of carbonyl (C=O) groups is 1. The minimum Gasteiger partial charge on any atom is -0.507 e. The van der Waals surface area contributed by atoms with Crippen molar-refractivity contribution in [2.24, 2.45) is 10.2 Å². The summed E-state index contributed by atoms with van der Waals surface area (Å²) in [7, 11) is 0. The van der Waals surface area contributed by atoms with Crippen LogP contribution < -0.4 is 5.32 Å². The minimum atomic E-state index is -0.217. The number of aromatic hydroxyl groups is 1. The average Bonchev–Trinajstić information content (AvgIpc) is 2.91. The Labute approximate surface area is 152 Å². The molecule has 1 heterocycles. The predicted molar refractivity (Wildman–Crippen MR) is 101 cm³/mol. The third kappa shape index (κ3) is 4.24. The second-order valence-electron chi connectivity index (χ2n) is 5.13. The molecule has 122 valence electrons. The van der Waals surface area contributed by atoms with Crippen LogP contribution in [0.3, 0.4) is 0 Å². The molecule has 0 unspecified atom stereocenters.